The summed E-state index contributed by atoms with van der Waals surface area (Å²) in [6.45, 7) is 1.03. The lowest BCUT2D eigenvalue weighted by Crippen LogP contribution is -2.26. The van der Waals surface area contributed by atoms with Gasteiger partial charge in [-0.3, -0.25) is 9.48 Å². The summed E-state index contributed by atoms with van der Waals surface area (Å²) in [5.41, 5.74) is 7.90. The van der Waals surface area contributed by atoms with Gasteiger partial charge in [-0.05, 0) is 17.2 Å². The molecule has 2 heterocycles. The van der Waals surface area contributed by atoms with Crippen LogP contribution in [-0.2, 0) is 13.1 Å². The zero-order valence-corrected chi connectivity index (χ0v) is 12.4. The number of rotatable bonds is 5. The number of carbonyl (C=O) groups is 1. The number of carbonyl (C=O) groups excluding carboxylic acids is 1. The molecule has 7 nitrogen and oxygen atoms in total. The molecule has 3 rings (SSSR count). The lowest BCUT2D eigenvalue weighted by atomic mass is 10.1. The summed E-state index contributed by atoms with van der Waals surface area (Å²) in [6.07, 6.45) is 6.53. The topological polar surface area (TPSA) is 98.7 Å². The van der Waals surface area contributed by atoms with E-state index >= 15 is 0 Å². The van der Waals surface area contributed by atoms with Crippen molar-refractivity contribution in [2.75, 3.05) is 5.73 Å². The van der Waals surface area contributed by atoms with Gasteiger partial charge < -0.3 is 11.1 Å². The molecule has 0 saturated heterocycles. The maximum Gasteiger partial charge on any atom is 0.273 e. The average molecular weight is 308 g/mol. The van der Waals surface area contributed by atoms with Crippen LogP contribution in [0.2, 0.25) is 0 Å². The zero-order valence-electron chi connectivity index (χ0n) is 12.4. The van der Waals surface area contributed by atoms with Gasteiger partial charge in [-0.15, -0.1) is 0 Å². The fourth-order valence-electron chi connectivity index (χ4n) is 2.24. The Bertz CT molecular complexity index is 800. The van der Waals surface area contributed by atoms with Crippen LogP contribution in [0.5, 0.6) is 0 Å². The molecular formula is C16H16N6O. The molecule has 23 heavy (non-hydrogen) atoms. The van der Waals surface area contributed by atoms with Gasteiger partial charge in [0.05, 0.1) is 6.54 Å². The van der Waals surface area contributed by atoms with E-state index in [0.717, 1.165) is 11.1 Å². The minimum atomic E-state index is -0.343. The predicted molar refractivity (Wildman–Crippen MR) is 85.4 cm³/mol. The van der Waals surface area contributed by atoms with E-state index in [1.54, 1.807) is 6.20 Å². The fourth-order valence-corrected chi connectivity index (χ4v) is 2.24. The van der Waals surface area contributed by atoms with Crippen LogP contribution < -0.4 is 11.1 Å². The van der Waals surface area contributed by atoms with E-state index < -0.39 is 0 Å². The Morgan fingerprint density at radius 3 is 2.61 bits per heavy atom. The van der Waals surface area contributed by atoms with Crippen LogP contribution >= 0.6 is 0 Å². The maximum absolute atomic E-state index is 12.2. The molecule has 3 aromatic rings. The highest BCUT2D eigenvalue weighted by molar-refractivity contribution is 5.96. The zero-order chi connectivity index (χ0) is 16.1. The maximum atomic E-state index is 12.2. The van der Waals surface area contributed by atoms with Crippen molar-refractivity contribution in [3.8, 4) is 0 Å². The van der Waals surface area contributed by atoms with Crippen LogP contribution in [0.4, 0.5) is 5.82 Å². The highest BCUT2D eigenvalue weighted by atomic mass is 16.1. The number of nitrogens with two attached hydrogens (primary N) is 1. The van der Waals surface area contributed by atoms with E-state index in [4.69, 9.17) is 5.73 Å². The van der Waals surface area contributed by atoms with Crippen molar-refractivity contribution in [1.29, 1.82) is 0 Å². The average Bonchev–Trinajstić information content (AvgIpc) is 3.07. The smallest absolute Gasteiger partial charge is 0.273 e. The number of nitrogens with zero attached hydrogens (tertiary/aromatic N) is 4. The first-order valence-electron chi connectivity index (χ1n) is 7.13. The number of nitrogens with one attached hydrogen (secondary N) is 1. The van der Waals surface area contributed by atoms with Gasteiger partial charge in [0.15, 0.2) is 11.5 Å². The van der Waals surface area contributed by atoms with E-state index in [-0.39, 0.29) is 17.4 Å². The molecule has 0 saturated carbocycles. The molecule has 0 radical (unpaired) electrons. The molecule has 1 aromatic carbocycles. The van der Waals surface area contributed by atoms with Crippen LogP contribution in [0.1, 0.15) is 21.6 Å². The van der Waals surface area contributed by atoms with Gasteiger partial charge in [0.25, 0.3) is 5.91 Å². The minimum Gasteiger partial charge on any atom is -0.382 e. The second-order valence-electron chi connectivity index (χ2n) is 4.95. The lowest BCUT2D eigenvalue weighted by Gasteiger charge is -2.11. The molecule has 0 aliphatic rings. The van der Waals surface area contributed by atoms with Crippen molar-refractivity contribution in [2.45, 2.75) is 13.1 Å². The van der Waals surface area contributed by atoms with E-state index in [9.17, 15) is 4.79 Å². The third kappa shape index (κ3) is 3.52. The summed E-state index contributed by atoms with van der Waals surface area (Å²) in [4.78, 5) is 20.0. The van der Waals surface area contributed by atoms with Gasteiger partial charge in [-0.2, -0.15) is 5.10 Å². The number of anilines is 1. The summed E-state index contributed by atoms with van der Waals surface area (Å²) in [6, 6.07) is 9.76. The first-order chi connectivity index (χ1) is 11.2. The van der Waals surface area contributed by atoms with Crippen molar-refractivity contribution in [3.63, 3.8) is 0 Å². The number of nitrogen functional groups attached to an aromatic ring is 1. The Kier molecular flexibility index (Phi) is 4.28. The molecule has 116 valence electrons. The highest BCUT2D eigenvalue weighted by Crippen LogP contribution is 2.11. The summed E-state index contributed by atoms with van der Waals surface area (Å²) < 4.78 is 1.83. The molecule has 1 amide bonds. The third-order valence-corrected chi connectivity index (χ3v) is 3.39. The molecule has 7 heteroatoms. The highest BCUT2D eigenvalue weighted by Gasteiger charge is 2.12. The van der Waals surface area contributed by atoms with E-state index in [1.165, 1.54) is 12.4 Å². The number of hydrogen-bond donors (Lipinski definition) is 2. The summed E-state index contributed by atoms with van der Waals surface area (Å²) in [5, 5.41) is 7.03. The number of aromatic nitrogens is 4. The summed E-state index contributed by atoms with van der Waals surface area (Å²) in [5.74, 6) is -0.223. The third-order valence-electron chi connectivity index (χ3n) is 3.39. The Hall–Kier alpha value is -3.22. The normalized spacial score (nSPS) is 10.4. The molecular weight excluding hydrogens is 292 g/mol. The van der Waals surface area contributed by atoms with Crippen LogP contribution in [0.3, 0.4) is 0 Å². The van der Waals surface area contributed by atoms with Gasteiger partial charge in [0, 0.05) is 31.3 Å². The van der Waals surface area contributed by atoms with Crippen LogP contribution in [0, 0.1) is 0 Å². The quantitative estimate of drug-likeness (QED) is 0.738. The van der Waals surface area contributed by atoms with Gasteiger partial charge in [-0.1, -0.05) is 24.3 Å². The molecule has 0 unspecified atom stereocenters. The Morgan fingerprint density at radius 2 is 1.87 bits per heavy atom. The van der Waals surface area contributed by atoms with Crippen molar-refractivity contribution < 1.29 is 4.79 Å². The number of hydrogen-bond acceptors (Lipinski definition) is 5. The standard InChI is InChI=1S/C16H16N6O/c17-15-14(18-7-8-19-15)16(23)20-10-12-4-1-2-5-13(12)11-22-9-3-6-21-22/h1-9H,10-11H2,(H2,17,19)(H,20,23). The SMILES string of the molecule is Nc1nccnc1C(=O)NCc1ccccc1Cn1cccn1. The van der Waals surface area contributed by atoms with E-state index in [0.29, 0.717) is 13.1 Å². The van der Waals surface area contributed by atoms with Crippen molar-refractivity contribution in [2.24, 2.45) is 0 Å². The first-order valence-corrected chi connectivity index (χ1v) is 7.13. The molecule has 0 bridgehead atoms. The van der Waals surface area contributed by atoms with Crippen molar-refractivity contribution >= 4 is 11.7 Å². The summed E-state index contributed by atoms with van der Waals surface area (Å²) >= 11 is 0. The van der Waals surface area contributed by atoms with E-state index in [1.807, 2.05) is 41.2 Å². The second kappa shape index (κ2) is 6.69. The number of amides is 1. The van der Waals surface area contributed by atoms with Crippen molar-refractivity contribution in [1.82, 2.24) is 25.1 Å². The predicted octanol–water partition coefficient (Wildman–Crippen LogP) is 1.23. The van der Waals surface area contributed by atoms with Gasteiger partial charge in [0.1, 0.15) is 0 Å². The molecule has 0 aliphatic carbocycles. The molecule has 0 aliphatic heterocycles. The molecule has 2 aromatic heterocycles. The largest absolute Gasteiger partial charge is 0.382 e. The minimum absolute atomic E-state index is 0.120. The first kappa shape index (κ1) is 14.7. The molecule has 0 fully saturated rings. The lowest BCUT2D eigenvalue weighted by molar-refractivity contribution is 0.0946. The van der Waals surface area contributed by atoms with Crippen LogP contribution in [0.25, 0.3) is 0 Å². The van der Waals surface area contributed by atoms with Crippen LogP contribution in [-0.4, -0.2) is 25.7 Å². The Labute approximate surface area is 133 Å². The molecule has 0 atom stereocenters. The van der Waals surface area contributed by atoms with Crippen molar-refractivity contribution in [3.05, 3.63) is 71.9 Å². The van der Waals surface area contributed by atoms with Gasteiger partial charge >= 0.3 is 0 Å². The Balaban J connectivity index is 1.71. The van der Waals surface area contributed by atoms with Crippen LogP contribution in [0.15, 0.2) is 55.1 Å². The van der Waals surface area contributed by atoms with Gasteiger partial charge in [0.2, 0.25) is 0 Å². The fraction of sp³-hybridized carbons (Fsp3) is 0.125. The van der Waals surface area contributed by atoms with E-state index in [2.05, 4.69) is 20.4 Å². The Morgan fingerprint density at radius 1 is 1.09 bits per heavy atom. The second-order valence-corrected chi connectivity index (χ2v) is 4.95. The molecule has 0 spiro atoms. The monoisotopic (exact) mass is 308 g/mol. The van der Waals surface area contributed by atoms with Gasteiger partial charge in [-0.25, -0.2) is 9.97 Å². The molecule has 3 N–H and O–H groups in total. The number of benzene rings is 1. The summed E-state index contributed by atoms with van der Waals surface area (Å²) in [7, 11) is 0.